The Bertz CT molecular complexity index is 896. The number of aryl methyl sites for hydroxylation is 2. The molecular formula is C30H47N3O3. The molecule has 0 bridgehead atoms. The summed E-state index contributed by atoms with van der Waals surface area (Å²) in [6.45, 7) is 14.2. The zero-order valence-corrected chi connectivity index (χ0v) is 23.2. The summed E-state index contributed by atoms with van der Waals surface area (Å²) in [4.78, 5) is 33.0. The fraction of sp³-hybridized carbons (Fsp3) is 0.733. The van der Waals surface area contributed by atoms with E-state index in [4.69, 9.17) is 4.74 Å². The van der Waals surface area contributed by atoms with Gasteiger partial charge in [-0.3, -0.25) is 14.6 Å². The number of nitrogens with zero attached hydrogens (tertiary/aromatic N) is 3. The Kier molecular flexibility index (Phi) is 8.64. The number of carbonyl (C=O) groups is 2. The minimum absolute atomic E-state index is 0.0937. The molecule has 0 aliphatic carbocycles. The lowest BCUT2D eigenvalue weighted by Crippen LogP contribution is -2.56. The van der Waals surface area contributed by atoms with Gasteiger partial charge in [0.15, 0.2) is 0 Å². The SMILES string of the molecule is CCCCC1N(C(C)CCC)C(=O)OC12CCN(C1CCN(C(=O)c3c(C)cccc3C)CC1)CC2. The molecule has 2 amide bonds. The minimum atomic E-state index is -0.330. The molecule has 0 aromatic heterocycles. The lowest BCUT2D eigenvalue weighted by molar-refractivity contribution is -0.0392. The van der Waals surface area contributed by atoms with Crippen LogP contribution < -0.4 is 0 Å². The van der Waals surface area contributed by atoms with Crippen LogP contribution in [0.25, 0.3) is 0 Å². The van der Waals surface area contributed by atoms with Gasteiger partial charge in [-0.1, -0.05) is 51.3 Å². The number of unbranched alkanes of at least 4 members (excludes halogenated alkanes) is 1. The van der Waals surface area contributed by atoms with Crippen LogP contribution in [0.3, 0.4) is 0 Å². The van der Waals surface area contributed by atoms with Gasteiger partial charge in [-0.2, -0.15) is 0 Å². The number of amides is 2. The second-order valence-electron chi connectivity index (χ2n) is 11.5. The Hall–Kier alpha value is -2.08. The fourth-order valence-electron chi connectivity index (χ4n) is 6.97. The lowest BCUT2D eigenvalue weighted by atomic mass is 9.80. The number of likely N-dealkylation sites (tertiary alicyclic amines) is 2. The third-order valence-corrected chi connectivity index (χ3v) is 9.06. The molecule has 1 aromatic carbocycles. The van der Waals surface area contributed by atoms with E-state index < -0.39 is 0 Å². The summed E-state index contributed by atoms with van der Waals surface area (Å²) in [7, 11) is 0. The van der Waals surface area contributed by atoms with Crippen molar-refractivity contribution in [3.63, 3.8) is 0 Å². The summed E-state index contributed by atoms with van der Waals surface area (Å²) >= 11 is 0. The van der Waals surface area contributed by atoms with Gasteiger partial charge < -0.3 is 9.64 Å². The molecule has 6 nitrogen and oxygen atoms in total. The Morgan fingerprint density at radius 1 is 1.06 bits per heavy atom. The highest BCUT2D eigenvalue weighted by Gasteiger charge is 2.55. The minimum Gasteiger partial charge on any atom is -0.440 e. The van der Waals surface area contributed by atoms with Crippen LogP contribution in [-0.4, -0.2) is 76.6 Å². The monoisotopic (exact) mass is 497 g/mol. The van der Waals surface area contributed by atoms with E-state index in [1.54, 1.807) is 0 Å². The second kappa shape index (κ2) is 11.5. The highest BCUT2D eigenvalue weighted by Crippen LogP contribution is 2.43. The van der Waals surface area contributed by atoms with Crippen LogP contribution in [0.2, 0.25) is 0 Å². The molecule has 0 saturated carbocycles. The standard InChI is InChI=1S/C30H47N3O3/c1-6-8-13-26-30(36-29(35)33(26)24(5)10-7-2)16-20-31(21-17-30)25-14-18-32(19-15-25)28(34)27-22(3)11-9-12-23(27)4/h9,11-12,24-26H,6-8,10,13-21H2,1-5H3. The first kappa shape index (κ1) is 27.0. The van der Waals surface area contributed by atoms with Crippen molar-refractivity contribution in [2.75, 3.05) is 26.2 Å². The Labute approximate surface area is 218 Å². The number of rotatable bonds is 8. The zero-order chi connectivity index (χ0) is 25.9. The summed E-state index contributed by atoms with van der Waals surface area (Å²) in [6, 6.07) is 7.03. The van der Waals surface area contributed by atoms with Gasteiger partial charge in [-0.25, -0.2) is 4.79 Å². The molecule has 3 heterocycles. The molecule has 3 fully saturated rings. The van der Waals surface area contributed by atoms with Gasteiger partial charge >= 0.3 is 6.09 Å². The molecule has 0 N–H and O–H groups in total. The van der Waals surface area contributed by atoms with Crippen LogP contribution in [0, 0.1) is 13.8 Å². The van der Waals surface area contributed by atoms with Crippen LogP contribution in [0.15, 0.2) is 18.2 Å². The van der Waals surface area contributed by atoms with E-state index in [9.17, 15) is 9.59 Å². The predicted molar refractivity (Wildman–Crippen MR) is 144 cm³/mol. The number of benzene rings is 1. The molecule has 3 saturated heterocycles. The van der Waals surface area contributed by atoms with Crippen LogP contribution in [0.4, 0.5) is 4.79 Å². The molecular weight excluding hydrogens is 450 g/mol. The summed E-state index contributed by atoms with van der Waals surface area (Å²) < 4.78 is 6.24. The van der Waals surface area contributed by atoms with Crippen LogP contribution in [-0.2, 0) is 4.74 Å². The number of piperidine rings is 2. The zero-order valence-electron chi connectivity index (χ0n) is 23.2. The van der Waals surface area contributed by atoms with Crippen molar-refractivity contribution in [3.05, 3.63) is 34.9 Å². The molecule has 2 unspecified atom stereocenters. The van der Waals surface area contributed by atoms with Crippen LogP contribution >= 0.6 is 0 Å². The Balaban J connectivity index is 1.36. The van der Waals surface area contributed by atoms with Crippen molar-refractivity contribution < 1.29 is 14.3 Å². The topological polar surface area (TPSA) is 53.1 Å². The van der Waals surface area contributed by atoms with E-state index >= 15 is 0 Å². The van der Waals surface area contributed by atoms with Crippen molar-refractivity contribution in [1.29, 1.82) is 0 Å². The van der Waals surface area contributed by atoms with E-state index in [0.29, 0.717) is 6.04 Å². The molecule has 1 aromatic rings. The molecule has 6 heteroatoms. The first-order chi connectivity index (χ1) is 17.3. The molecule has 4 rings (SSSR count). The van der Waals surface area contributed by atoms with E-state index in [1.165, 1.54) is 0 Å². The van der Waals surface area contributed by atoms with Gasteiger partial charge in [-0.05, 0) is 57.6 Å². The molecule has 200 valence electrons. The number of carbonyl (C=O) groups excluding carboxylic acids is 2. The van der Waals surface area contributed by atoms with Crippen molar-refractivity contribution in [2.45, 2.75) is 116 Å². The normalized spacial score (nSPS) is 23.8. The molecule has 3 aliphatic rings. The Morgan fingerprint density at radius 3 is 2.28 bits per heavy atom. The first-order valence-corrected chi connectivity index (χ1v) is 14.4. The van der Waals surface area contributed by atoms with Crippen molar-refractivity contribution in [3.8, 4) is 0 Å². The van der Waals surface area contributed by atoms with Crippen molar-refractivity contribution >= 4 is 12.0 Å². The van der Waals surface area contributed by atoms with Gasteiger partial charge in [0.25, 0.3) is 5.91 Å². The van der Waals surface area contributed by atoms with Gasteiger partial charge in [0.1, 0.15) is 5.60 Å². The lowest BCUT2D eigenvalue weighted by Gasteiger charge is -2.46. The van der Waals surface area contributed by atoms with Crippen molar-refractivity contribution in [1.82, 2.24) is 14.7 Å². The molecule has 36 heavy (non-hydrogen) atoms. The number of hydrogen-bond acceptors (Lipinski definition) is 4. The van der Waals surface area contributed by atoms with E-state index in [1.807, 2.05) is 36.9 Å². The highest BCUT2D eigenvalue weighted by atomic mass is 16.6. The third kappa shape index (κ3) is 5.29. The molecule has 3 aliphatic heterocycles. The predicted octanol–water partition coefficient (Wildman–Crippen LogP) is 5.94. The van der Waals surface area contributed by atoms with Gasteiger partial charge in [0, 0.05) is 56.7 Å². The van der Waals surface area contributed by atoms with Crippen molar-refractivity contribution in [2.24, 2.45) is 0 Å². The van der Waals surface area contributed by atoms with Gasteiger partial charge in [0.2, 0.25) is 0 Å². The summed E-state index contributed by atoms with van der Waals surface area (Å²) in [6.07, 6.45) is 9.20. The average molecular weight is 498 g/mol. The third-order valence-electron chi connectivity index (χ3n) is 9.06. The average Bonchev–Trinajstić information content (AvgIpc) is 3.13. The summed E-state index contributed by atoms with van der Waals surface area (Å²) in [5.41, 5.74) is 2.67. The maximum atomic E-state index is 13.2. The fourth-order valence-corrected chi connectivity index (χ4v) is 6.97. The molecule has 2 atom stereocenters. The molecule has 1 spiro atoms. The summed E-state index contributed by atoms with van der Waals surface area (Å²) in [5, 5.41) is 0. The highest BCUT2D eigenvalue weighted by molar-refractivity contribution is 5.97. The summed E-state index contributed by atoms with van der Waals surface area (Å²) in [5.74, 6) is 0.180. The number of ether oxygens (including phenoxy) is 1. The molecule has 0 radical (unpaired) electrons. The van der Waals surface area contributed by atoms with E-state index in [2.05, 4.69) is 30.6 Å². The van der Waals surface area contributed by atoms with Gasteiger partial charge in [-0.15, -0.1) is 0 Å². The number of hydrogen-bond donors (Lipinski definition) is 0. The Morgan fingerprint density at radius 2 is 1.69 bits per heavy atom. The van der Waals surface area contributed by atoms with Crippen LogP contribution in [0.1, 0.15) is 100 Å². The smallest absolute Gasteiger partial charge is 0.411 e. The van der Waals surface area contributed by atoms with Crippen LogP contribution in [0.5, 0.6) is 0 Å². The second-order valence-corrected chi connectivity index (χ2v) is 11.5. The maximum Gasteiger partial charge on any atom is 0.411 e. The quantitative estimate of drug-likeness (QED) is 0.446. The largest absolute Gasteiger partial charge is 0.440 e. The maximum absolute atomic E-state index is 13.2. The van der Waals surface area contributed by atoms with E-state index in [-0.39, 0.29) is 29.7 Å². The van der Waals surface area contributed by atoms with Gasteiger partial charge in [0.05, 0.1) is 6.04 Å². The first-order valence-electron chi connectivity index (χ1n) is 14.4. The van der Waals surface area contributed by atoms with E-state index in [0.717, 1.165) is 101 Å².